The number of amides is 2. The first kappa shape index (κ1) is 15.3. The van der Waals surface area contributed by atoms with Crippen LogP contribution in [0.25, 0.3) is 0 Å². The van der Waals surface area contributed by atoms with Gasteiger partial charge < -0.3 is 10.2 Å². The minimum Gasteiger partial charge on any atom is -0.308 e. The van der Waals surface area contributed by atoms with E-state index in [-0.39, 0.29) is 11.4 Å². The molecule has 2 aromatic carbocycles. The quantitative estimate of drug-likeness (QED) is 0.845. The number of hydrogen-bond donors (Lipinski definition) is 1. The van der Waals surface area contributed by atoms with Gasteiger partial charge in [0.25, 0.3) is 0 Å². The van der Waals surface area contributed by atoms with E-state index in [1.54, 1.807) is 11.8 Å². The van der Waals surface area contributed by atoms with Crippen LogP contribution >= 0.6 is 23.4 Å². The molecule has 1 aliphatic rings. The number of nitrogens with one attached hydrogen (secondary N) is 1. The Labute approximate surface area is 139 Å². The third-order valence-corrected chi connectivity index (χ3v) is 5.05. The topological polar surface area (TPSA) is 32.3 Å². The molecule has 22 heavy (non-hydrogen) atoms. The molecule has 0 aliphatic carbocycles. The van der Waals surface area contributed by atoms with Crippen LogP contribution in [0.5, 0.6) is 0 Å². The number of aryl methyl sites for hydroxylation is 1. The van der Waals surface area contributed by atoms with Gasteiger partial charge in [-0.3, -0.25) is 0 Å². The Morgan fingerprint density at radius 1 is 1.27 bits per heavy atom. The molecular weight excluding hydrogens is 316 g/mol. The highest BCUT2D eigenvalue weighted by Crippen LogP contribution is 2.38. The second kappa shape index (κ2) is 6.63. The Kier molecular flexibility index (Phi) is 4.60. The van der Waals surface area contributed by atoms with Crippen molar-refractivity contribution in [1.82, 2.24) is 4.90 Å². The fraction of sp³-hybridized carbons (Fsp3) is 0.235. The molecule has 1 saturated heterocycles. The molecular formula is C17H17ClN2OS. The predicted molar refractivity (Wildman–Crippen MR) is 93.6 cm³/mol. The van der Waals surface area contributed by atoms with Crippen molar-refractivity contribution in [3.63, 3.8) is 0 Å². The maximum absolute atomic E-state index is 12.6. The van der Waals surface area contributed by atoms with Gasteiger partial charge in [0.15, 0.2) is 0 Å². The van der Waals surface area contributed by atoms with Crippen LogP contribution in [-0.2, 0) is 0 Å². The van der Waals surface area contributed by atoms with Gasteiger partial charge in [0.1, 0.15) is 5.37 Å². The number of thioether (sulfide) groups is 1. The minimum absolute atomic E-state index is 0.0171. The van der Waals surface area contributed by atoms with E-state index >= 15 is 0 Å². The number of carbonyl (C=O) groups is 1. The van der Waals surface area contributed by atoms with E-state index in [0.29, 0.717) is 5.02 Å². The molecule has 1 heterocycles. The van der Waals surface area contributed by atoms with Crippen molar-refractivity contribution in [3.8, 4) is 0 Å². The van der Waals surface area contributed by atoms with E-state index in [0.717, 1.165) is 29.1 Å². The number of benzene rings is 2. The van der Waals surface area contributed by atoms with E-state index < -0.39 is 0 Å². The molecule has 3 nitrogen and oxygen atoms in total. The van der Waals surface area contributed by atoms with Crippen molar-refractivity contribution >= 4 is 35.1 Å². The van der Waals surface area contributed by atoms with Gasteiger partial charge in [-0.15, -0.1) is 11.8 Å². The Morgan fingerprint density at radius 2 is 2.09 bits per heavy atom. The first-order chi connectivity index (χ1) is 10.6. The number of rotatable bonds is 2. The summed E-state index contributed by atoms with van der Waals surface area (Å²) in [5.41, 5.74) is 3.01. The van der Waals surface area contributed by atoms with Crippen molar-refractivity contribution in [2.75, 3.05) is 17.6 Å². The van der Waals surface area contributed by atoms with Gasteiger partial charge in [0.2, 0.25) is 0 Å². The first-order valence-electron chi connectivity index (χ1n) is 7.15. The van der Waals surface area contributed by atoms with Gasteiger partial charge in [-0.1, -0.05) is 35.9 Å². The Hall–Kier alpha value is -1.65. The second-order valence-corrected chi connectivity index (χ2v) is 6.90. The van der Waals surface area contributed by atoms with Crippen LogP contribution in [0.15, 0.2) is 48.5 Å². The van der Waals surface area contributed by atoms with Crippen LogP contribution < -0.4 is 5.32 Å². The molecule has 1 unspecified atom stereocenters. The summed E-state index contributed by atoms with van der Waals surface area (Å²) in [7, 11) is 0. The summed E-state index contributed by atoms with van der Waals surface area (Å²) in [5, 5.41) is 3.70. The Morgan fingerprint density at radius 3 is 2.86 bits per heavy atom. The van der Waals surface area contributed by atoms with Crippen molar-refractivity contribution in [3.05, 3.63) is 64.7 Å². The number of anilines is 1. The summed E-state index contributed by atoms with van der Waals surface area (Å²) in [6.07, 6.45) is 0. The van der Waals surface area contributed by atoms with Crippen LogP contribution in [0.1, 0.15) is 16.5 Å². The van der Waals surface area contributed by atoms with Crippen molar-refractivity contribution in [2.24, 2.45) is 0 Å². The molecule has 1 N–H and O–H groups in total. The fourth-order valence-electron chi connectivity index (χ4n) is 2.53. The lowest BCUT2D eigenvalue weighted by atomic mass is 10.2. The third-order valence-electron chi connectivity index (χ3n) is 3.56. The van der Waals surface area contributed by atoms with E-state index in [1.165, 1.54) is 0 Å². The normalized spacial score (nSPS) is 17.5. The maximum atomic E-state index is 12.6. The summed E-state index contributed by atoms with van der Waals surface area (Å²) in [6, 6.07) is 15.5. The lowest BCUT2D eigenvalue weighted by molar-refractivity contribution is 0.214. The first-order valence-corrected chi connectivity index (χ1v) is 8.57. The summed E-state index contributed by atoms with van der Waals surface area (Å²) < 4.78 is 0. The van der Waals surface area contributed by atoms with Crippen LogP contribution in [0.4, 0.5) is 10.5 Å². The van der Waals surface area contributed by atoms with Crippen LogP contribution in [0.3, 0.4) is 0 Å². The molecule has 2 amide bonds. The van der Waals surface area contributed by atoms with E-state index in [9.17, 15) is 4.79 Å². The zero-order valence-corrected chi connectivity index (χ0v) is 13.8. The van der Waals surface area contributed by atoms with E-state index in [1.807, 2.05) is 60.4 Å². The summed E-state index contributed by atoms with van der Waals surface area (Å²) in [4.78, 5) is 14.4. The number of urea groups is 1. The van der Waals surface area contributed by atoms with E-state index in [2.05, 4.69) is 5.32 Å². The highest BCUT2D eigenvalue weighted by molar-refractivity contribution is 7.99. The summed E-state index contributed by atoms with van der Waals surface area (Å²) in [5.74, 6) is 0.929. The van der Waals surface area contributed by atoms with E-state index in [4.69, 9.17) is 11.6 Å². The SMILES string of the molecule is Cc1cccc(NC(=O)N2CCSC2c2cccc(Cl)c2)c1. The number of halogens is 1. The number of nitrogens with zero attached hydrogens (tertiary/aromatic N) is 1. The molecule has 2 aromatic rings. The van der Waals surface area contributed by atoms with Crippen LogP contribution in [-0.4, -0.2) is 23.2 Å². The zero-order valence-electron chi connectivity index (χ0n) is 12.3. The molecule has 0 spiro atoms. The zero-order chi connectivity index (χ0) is 15.5. The maximum Gasteiger partial charge on any atom is 0.323 e. The molecule has 3 rings (SSSR count). The monoisotopic (exact) mass is 332 g/mol. The van der Waals surface area contributed by atoms with Crippen molar-refractivity contribution in [2.45, 2.75) is 12.3 Å². The smallest absolute Gasteiger partial charge is 0.308 e. The average molecular weight is 333 g/mol. The Balaban J connectivity index is 1.76. The minimum atomic E-state index is -0.0689. The van der Waals surface area contributed by atoms with Crippen LogP contribution in [0, 0.1) is 6.92 Å². The predicted octanol–water partition coefficient (Wildman–Crippen LogP) is 4.93. The summed E-state index contributed by atoms with van der Waals surface area (Å²) >= 11 is 7.83. The highest BCUT2D eigenvalue weighted by Gasteiger charge is 2.30. The molecule has 0 bridgehead atoms. The van der Waals surface area contributed by atoms with Gasteiger partial charge in [0.05, 0.1) is 0 Å². The molecule has 1 aliphatic heterocycles. The van der Waals surface area contributed by atoms with Crippen molar-refractivity contribution in [1.29, 1.82) is 0 Å². The van der Waals surface area contributed by atoms with Crippen molar-refractivity contribution < 1.29 is 4.79 Å². The second-order valence-electron chi connectivity index (χ2n) is 5.27. The van der Waals surface area contributed by atoms with Gasteiger partial charge in [-0.2, -0.15) is 0 Å². The van der Waals surface area contributed by atoms with Gasteiger partial charge in [-0.25, -0.2) is 4.79 Å². The molecule has 0 aromatic heterocycles. The van der Waals surface area contributed by atoms with Crippen LogP contribution in [0.2, 0.25) is 5.02 Å². The standard InChI is InChI=1S/C17H17ClN2OS/c1-12-4-2-7-15(10-12)19-17(21)20-8-9-22-16(20)13-5-3-6-14(18)11-13/h2-7,10-11,16H,8-9H2,1H3,(H,19,21). The Bertz CT molecular complexity index is 692. The molecule has 1 atom stereocenters. The van der Waals surface area contributed by atoms with Gasteiger partial charge in [-0.05, 0) is 42.3 Å². The molecule has 0 radical (unpaired) electrons. The lowest BCUT2D eigenvalue weighted by Crippen LogP contribution is -2.34. The molecule has 0 saturated carbocycles. The molecule has 5 heteroatoms. The third kappa shape index (κ3) is 3.39. The van der Waals surface area contributed by atoms with Gasteiger partial charge in [0, 0.05) is 23.0 Å². The number of carbonyl (C=O) groups excluding carboxylic acids is 1. The average Bonchev–Trinajstić information content (AvgIpc) is 2.97. The summed E-state index contributed by atoms with van der Waals surface area (Å²) in [6.45, 7) is 2.75. The molecule has 1 fully saturated rings. The fourth-order valence-corrected chi connectivity index (χ4v) is 3.98. The largest absolute Gasteiger partial charge is 0.323 e. The highest BCUT2D eigenvalue weighted by atomic mass is 35.5. The lowest BCUT2D eigenvalue weighted by Gasteiger charge is -2.24. The van der Waals surface area contributed by atoms with Gasteiger partial charge >= 0.3 is 6.03 Å². The number of hydrogen-bond acceptors (Lipinski definition) is 2. The molecule has 114 valence electrons.